The summed E-state index contributed by atoms with van der Waals surface area (Å²) in [6.45, 7) is 5.96. The van der Waals surface area contributed by atoms with Crippen molar-refractivity contribution in [1.82, 2.24) is 10.3 Å². The highest BCUT2D eigenvalue weighted by Crippen LogP contribution is 2.29. The zero-order valence-corrected chi connectivity index (χ0v) is 12.4. The van der Waals surface area contributed by atoms with E-state index >= 15 is 0 Å². The molecule has 0 bridgehead atoms. The number of pyridine rings is 1. The highest BCUT2D eigenvalue weighted by atomic mass is 16.4. The van der Waals surface area contributed by atoms with Gasteiger partial charge in [-0.05, 0) is 50.4 Å². The number of hydrogen-bond acceptors (Lipinski definition) is 3. The molecule has 0 amide bonds. The number of aromatic nitrogens is 1. The maximum Gasteiger partial charge on any atom is 0.336 e. The Balaban J connectivity index is 2.22. The lowest BCUT2D eigenvalue weighted by atomic mass is 9.92. The molecular formula is C17H20N2O2. The molecular weight excluding hydrogens is 264 g/mol. The van der Waals surface area contributed by atoms with E-state index in [0.717, 1.165) is 53.7 Å². The second kappa shape index (κ2) is 5.45. The van der Waals surface area contributed by atoms with Gasteiger partial charge >= 0.3 is 5.97 Å². The fraction of sp³-hybridized carbons (Fsp3) is 0.412. The first-order chi connectivity index (χ1) is 10.1. The third-order valence-electron chi connectivity index (χ3n) is 4.47. The molecule has 4 heteroatoms. The quantitative estimate of drug-likeness (QED) is 0.890. The minimum Gasteiger partial charge on any atom is -0.478 e. The van der Waals surface area contributed by atoms with Gasteiger partial charge in [0.1, 0.15) is 0 Å². The molecule has 2 N–H and O–H groups in total. The van der Waals surface area contributed by atoms with Crippen LogP contribution in [0.3, 0.4) is 0 Å². The van der Waals surface area contributed by atoms with Gasteiger partial charge in [0.15, 0.2) is 0 Å². The Hall–Kier alpha value is -1.94. The average Bonchev–Trinajstić information content (AvgIpc) is 2.51. The number of nitrogens with one attached hydrogen (secondary N) is 1. The molecule has 1 aromatic carbocycles. The van der Waals surface area contributed by atoms with E-state index in [0.29, 0.717) is 11.5 Å². The summed E-state index contributed by atoms with van der Waals surface area (Å²) in [5, 5.41) is 13.6. The summed E-state index contributed by atoms with van der Waals surface area (Å²) in [7, 11) is 0. The van der Waals surface area contributed by atoms with Crippen molar-refractivity contribution < 1.29 is 9.90 Å². The van der Waals surface area contributed by atoms with Gasteiger partial charge in [-0.3, -0.25) is 4.98 Å². The highest BCUT2D eigenvalue weighted by molar-refractivity contribution is 6.03. The first-order valence-corrected chi connectivity index (χ1v) is 7.43. The van der Waals surface area contributed by atoms with Crippen LogP contribution in [0.4, 0.5) is 0 Å². The fourth-order valence-corrected chi connectivity index (χ4v) is 3.04. The number of carboxylic acids is 1. The number of rotatable bonds is 2. The van der Waals surface area contributed by atoms with E-state index in [2.05, 4.69) is 5.32 Å². The molecule has 1 aliphatic heterocycles. The lowest BCUT2D eigenvalue weighted by Gasteiger charge is -2.23. The van der Waals surface area contributed by atoms with Crippen molar-refractivity contribution >= 4 is 16.9 Å². The molecule has 1 unspecified atom stereocenters. The van der Waals surface area contributed by atoms with Crippen LogP contribution >= 0.6 is 0 Å². The first kappa shape index (κ1) is 14.0. The molecule has 3 rings (SSSR count). The van der Waals surface area contributed by atoms with Gasteiger partial charge in [-0.25, -0.2) is 4.79 Å². The zero-order valence-electron chi connectivity index (χ0n) is 12.4. The van der Waals surface area contributed by atoms with Gasteiger partial charge in [-0.15, -0.1) is 0 Å². The van der Waals surface area contributed by atoms with Crippen LogP contribution in [0.5, 0.6) is 0 Å². The van der Waals surface area contributed by atoms with Crippen molar-refractivity contribution in [3.05, 3.63) is 40.6 Å². The van der Waals surface area contributed by atoms with E-state index in [9.17, 15) is 9.90 Å². The molecule has 110 valence electrons. The van der Waals surface area contributed by atoms with Crippen molar-refractivity contribution in [3.63, 3.8) is 0 Å². The van der Waals surface area contributed by atoms with Crippen LogP contribution in [-0.4, -0.2) is 29.1 Å². The summed E-state index contributed by atoms with van der Waals surface area (Å²) in [6.07, 6.45) is 2.18. The van der Waals surface area contributed by atoms with Crippen LogP contribution < -0.4 is 5.32 Å². The number of carbonyl (C=O) groups is 1. The van der Waals surface area contributed by atoms with E-state index in [-0.39, 0.29) is 0 Å². The van der Waals surface area contributed by atoms with Crippen molar-refractivity contribution in [2.45, 2.75) is 32.6 Å². The number of aryl methyl sites for hydroxylation is 2. The maximum atomic E-state index is 11.6. The van der Waals surface area contributed by atoms with E-state index in [4.69, 9.17) is 4.98 Å². The Morgan fingerprint density at radius 2 is 2.19 bits per heavy atom. The predicted octanol–water partition coefficient (Wildman–Crippen LogP) is 3.02. The van der Waals surface area contributed by atoms with Gasteiger partial charge in [0.05, 0.1) is 11.1 Å². The van der Waals surface area contributed by atoms with Crippen LogP contribution in [0.2, 0.25) is 0 Å². The van der Waals surface area contributed by atoms with Crippen LogP contribution in [0, 0.1) is 13.8 Å². The van der Waals surface area contributed by atoms with Gasteiger partial charge in [-0.2, -0.15) is 0 Å². The Morgan fingerprint density at radius 3 is 2.86 bits per heavy atom. The minimum atomic E-state index is -0.879. The lowest BCUT2D eigenvalue weighted by Crippen LogP contribution is -2.29. The Labute approximate surface area is 124 Å². The molecule has 2 aromatic rings. The monoisotopic (exact) mass is 284 g/mol. The summed E-state index contributed by atoms with van der Waals surface area (Å²) in [5.74, 6) is -0.572. The molecule has 1 fully saturated rings. The summed E-state index contributed by atoms with van der Waals surface area (Å²) in [6, 6.07) is 5.60. The van der Waals surface area contributed by atoms with Gasteiger partial charge in [0.2, 0.25) is 0 Å². The first-order valence-electron chi connectivity index (χ1n) is 7.43. The number of carboxylic acid groups (broad SMARTS) is 1. The molecule has 21 heavy (non-hydrogen) atoms. The van der Waals surface area contributed by atoms with Gasteiger partial charge < -0.3 is 10.4 Å². The van der Waals surface area contributed by atoms with Crippen LogP contribution in [0.15, 0.2) is 18.2 Å². The molecule has 0 spiro atoms. The maximum absolute atomic E-state index is 11.6. The van der Waals surface area contributed by atoms with Crippen molar-refractivity contribution in [3.8, 4) is 0 Å². The molecule has 2 heterocycles. The Bertz CT molecular complexity index is 703. The van der Waals surface area contributed by atoms with Crippen molar-refractivity contribution in [2.75, 3.05) is 13.1 Å². The molecule has 0 saturated carbocycles. The van der Waals surface area contributed by atoms with Crippen LogP contribution in [0.1, 0.15) is 45.9 Å². The van der Waals surface area contributed by atoms with Gasteiger partial charge in [0.25, 0.3) is 0 Å². The molecule has 0 aliphatic carbocycles. The number of hydrogen-bond donors (Lipinski definition) is 2. The van der Waals surface area contributed by atoms with E-state index in [1.54, 1.807) is 6.07 Å². The standard InChI is InChI=1S/C17H20N2O2/c1-10-5-6-13-14(17(20)21)8-15(19-16(13)11(10)2)12-4-3-7-18-9-12/h5-6,8,12,18H,3-4,7,9H2,1-2H3,(H,20,21). The largest absolute Gasteiger partial charge is 0.478 e. The number of benzene rings is 1. The second-order valence-corrected chi connectivity index (χ2v) is 5.85. The summed E-state index contributed by atoms with van der Waals surface area (Å²) < 4.78 is 0. The highest BCUT2D eigenvalue weighted by Gasteiger charge is 2.21. The predicted molar refractivity (Wildman–Crippen MR) is 83.0 cm³/mol. The van der Waals surface area contributed by atoms with E-state index < -0.39 is 5.97 Å². The summed E-state index contributed by atoms with van der Waals surface area (Å²) in [5.41, 5.74) is 4.31. The minimum absolute atomic E-state index is 0.307. The third-order valence-corrected chi connectivity index (χ3v) is 4.47. The summed E-state index contributed by atoms with van der Waals surface area (Å²) >= 11 is 0. The molecule has 1 aliphatic rings. The van der Waals surface area contributed by atoms with Gasteiger partial charge in [0, 0.05) is 23.5 Å². The second-order valence-electron chi connectivity index (χ2n) is 5.85. The summed E-state index contributed by atoms with van der Waals surface area (Å²) in [4.78, 5) is 16.4. The zero-order chi connectivity index (χ0) is 15.0. The van der Waals surface area contributed by atoms with E-state index in [1.165, 1.54) is 0 Å². The van der Waals surface area contributed by atoms with Crippen molar-refractivity contribution in [2.24, 2.45) is 0 Å². The molecule has 0 radical (unpaired) electrons. The Kier molecular flexibility index (Phi) is 3.64. The number of fused-ring (bicyclic) bond motifs is 1. The third kappa shape index (κ3) is 2.51. The van der Waals surface area contributed by atoms with Crippen LogP contribution in [-0.2, 0) is 0 Å². The number of aromatic carboxylic acids is 1. The molecule has 1 aromatic heterocycles. The fourth-order valence-electron chi connectivity index (χ4n) is 3.04. The van der Waals surface area contributed by atoms with Crippen molar-refractivity contribution in [1.29, 1.82) is 0 Å². The lowest BCUT2D eigenvalue weighted by molar-refractivity contribution is 0.0699. The van der Waals surface area contributed by atoms with E-state index in [1.807, 2.05) is 26.0 Å². The SMILES string of the molecule is Cc1ccc2c(C(=O)O)cc(C3CCCNC3)nc2c1C. The van der Waals surface area contributed by atoms with Gasteiger partial charge in [-0.1, -0.05) is 12.1 Å². The average molecular weight is 284 g/mol. The topological polar surface area (TPSA) is 62.2 Å². The smallest absolute Gasteiger partial charge is 0.336 e. The number of nitrogens with zero attached hydrogens (tertiary/aromatic N) is 1. The Morgan fingerprint density at radius 1 is 1.38 bits per heavy atom. The molecule has 1 atom stereocenters. The number of piperidine rings is 1. The van der Waals surface area contributed by atoms with Crippen LogP contribution in [0.25, 0.3) is 10.9 Å². The normalized spacial score (nSPS) is 18.9. The molecule has 4 nitrogen and oxygen atoms in total. The molecule has 1 saturated heterocycles.